The lowest BCUT2D eigenvalue weighted by Crippen LogP contribution is -2.04. The standard InChI is InChI=1S/C15H23N3O/c1-19-13-5-6-15-14(10-13)12(4-2-7-16)11-18(15)9-3-8-17/h5-6,10-11H,2-4,7-9,16-17H2,1H3. The van der Waals surface area contributed by atoms with E-state index in [9.17, 15) is 0 Å². The van der Waals surface area contributed by atoms with Crippen LogP contribution in [0.4, 0.5) is 0 Å². The highest BCUT2D eigenvalue weighted by Gasteiger charge is 2.09. The molecule has 0 radical (unpaired) electrons. The van der Waals surface area contributed by atoms with Crippen molar-refractivity contribution in [1.29, 1.82) is 0 Å². The summed E-state index contributed by atoms with van der Waals surface area (Å²) >= 11 is 0. The number of nitrogens with two attached hydrogens (primary N) is 2. The monoisotopic (exact) mass is 261 g/mol. The van der Waals surface area contributed by atoms with E-state index in [0.717, 1.165) is 38.1 Å². The number of aromatic nitrogens is 1. The highest BCUT2D eigenvalue weighted by atomic mass is 16.5. The summed E-state index contributed by atoms with van der Waals surface area (Å²) in [5.74, 6) is 0.901. The van der Waals surface area contributed by atoms with E-state index < -0.39 is 0 Å². The minimum Gasteiger partial charge on any atom is -0.497 e. The maximum atomic E-state index is 5.62. The Hall–Kier alpha value is -1.52. The largest absolute Gasteiger partial charge is 0.497 e. The molecule has 0 saturated heterocycles. The van der Waals surface area contributed by atoms with Crippen LogP contribution < -0.4 is 16.2 Å². The number of benzene rings is 1. The van der Waals surface area contributed by atoms with Crippen LogP contribution in [-0.2, 0) is 13.0 Å². The third-order valence-corrected chi connectivity index (χ3v) is 3.42. The Kier molecular flexibility index (Phi) is 4.82. The fourth-order valence-corrected chi connectivity index (χ4v) is 2.42. The lowest BCUT2D eigenvalue weighted by Gasteiger charge is -2.04. The number of rotatable bonds is 7. The van der Waals surface area contributed by atoms with Crippen LogP contribution in [0, 0.1) is 0 Å². The molecule has 0 spiro atoms. The molecule has 0 unspecified atom stereocenters. The van der Waals surface area contributed by atoms with Gasteiger partial charge in [0.05, 0.1) is 7.11 Å². The summed E-state index contributed by atoms with van der Waals surface area (Å²) in [7, 11) is 1.70. The van der Waals surface area contributed by atoms with Gasteiger partial charge in [0.15, 0.2) is 0 Å². The number of nitrogens with zero attached hydrogens (tertiary/aromatic N) is 1. The first-order valence-electron chi connectivity index (χ1n) is 6.86. The van der Waals surface area contributed by atoms with E-state index in [-0.39, 0.29) is 0 Å². The summed E-state index contributed by atoms with van der Waals surface area (Å²) < 4.78 is 7.60. The zero-order valence-corrected chi connectivity index (χ0v) is 11.6. The van der Waals surface area contributed by atoms with Gasteiger partial charge >= 0.3 is 0 Å². The minimum absolute atomic E-state index is 0.716. The summed E-state index contributed by atoms with van der Waals surface area (Å²) in [4.78, 5) is 0. The lowest BCUT2D eigenvalue weighted by atomic mass is 10.1. The van der Waals surface area contributed by atoms with Gasteiger partial charge in [-0.2, -0.15) is 0 Å². The molecule has 1 aromatic carbocycles. The quantitative estimate of drug-likeness (QED) is 0.800. The summed E-state index contributed by atoms with van der Waals surface area (Å²) in [6.07, 6.45) is 5.24. The molecular formula is C15H23N3O. The van der Waals surface area contributed by atoms with Crippen molar-refractivity contribution in [1.82, 2.24) is 4.57 Å². The molecule has 0 atom stereocenters. The van der Waals surface area contributed by atoms with Crippen LogP contribution in [0.5, 0.6) is 5.75 Å². The fraction of sp³-hybridized carbons (Fsp3) is 0.467. The fourth-order valence-electron chi connectivity index (χ4n) is 2.42. The third kappa shape index (κ3) is 3.08. The molecular weight excluding hydrogens is 238 g/mol. The average molecular weight is 261 g/mol. The number of fused-ring (bicyclic) bond motifs is 1. The highest BCUT2D eigenvalue weighted by Crippen LogP contribution is 2.27. The highest BCUT2D eigenvalue weighted by molar-refractivity contribution is 5.85. The van der Waals surface area contributed by atoms with E-state index in [0.29, 0.717) is 6.54 Å². The van der Waals surface area contributed by atoms with Gasteiger partial charge in [0.2, 0.25) is 0 Å². The number of aryl methyl sites for hydroxylation is 2. The van der Waals surface area contributed by atoms with Crippen LogP contribution in [0.15, 0.2) is 24.4 Å². The van der Waals surface area contributed by atoms with E-state index in [2.05, 4.69) is 22.9 Å². The summed E-state index contributed by atoms with van der Waals surface area (Å²) in [6, 6.07) is 6.24. The van der Waals surface area contributed by atoms with E-state index in [4.69, 9.17) is 16.2 Å². The molecule has 4 N–H and O–H groups in total. The van der Waals surface area contributed by atoms with Gasteiger partial charge in [0.1, 0.15) is 5.75 Å². The van der Waals surface area contributed by atoms with Crippen molar-refractivity contribution in [3.63, 3.8) is 0 Å². The van der Waals surface area contributed by atoms with Gasteiger partial charge in [-0.25, -0.2) is 0 Å². The van der Waals surface area contributed by atoms with Crippen LogP contribution in [0.25, 0.3) is 10.9 Å². The zero-order valence-electron chi connectivity index (χ0n) is 11.6. The molecule has 19 heavy (non-hydrogen) atoms. The van der Waals surface area contributed by atoms with E-state index in [1.807, 2.05) is 6.07 Å². The molecule has 2 rings (SSSR count). The van der Waals surface area contributed by atoms with Gasteiger partial charge in [-0.15, -0.1) is 0 Å². The Morgan fingerprint density at radius 1 is 1.16 bits per heavy atom. The number of methoxy groups -OCH3 is 1. The average Bonchev–Trinajstić information content (AvgIpc) is 2.80. The van der Waals surface area contributed by atoms with Crippen LogP contribution in [0.1, 0.15) is 18.4 Å². The van der Waals surface area contributed by atoms with Gasteiger partial charge in [0, 0.05) is 23.6 Å². The van der Waals surface area contributed by atoms with E-state index >= 15 is 0 Å². The molecule has 0 fully saturated rings. The summed E-state index contributed by atoms with van der Waals surface area (Å²) in [5.41, 5.74) is 13.8. The molecule has 104 valence electrons. The molecule has 1 aromatic heterocycles. The normalized spacial score (nSPS) is 11.1. The molecule has 2 aromatic rings. The van der Waals surface area contributed by atoms with Crippen molar-refractivity contribution in [2.45, 2.75) is 25.8 Å². The van der Waals surface area contributed by atoms with Crippen molar-refractivity contribution in [3.05, 3.63) is 30.0 Å². The lowest BCUT2D eigenvalue weighted by molar-refractivity contribution is 0.415. The molecule has 1 heterocycles. The molecule has 0 aliphatic carbocycles. The van der Waals surface area contributed by atoms with E-state index in [1.54, 1.807) is 7.11 Å². The topological polar surface area (TPSA) is 66.2 Å². The van der Waals surface area contributed by atoms with E-state index in [1.165, 1.54) is 16.5 Å². The van der Waals surface area contributed by atoms with Gasteiger partial charge in [-0.1, -0.05) is 0 Å². The number of hydrogen-bond acceptors (Lipinski definition) is 3. The third-order valence-electron chi connectivity index (χ3n) is 3.42. The van der Waals surface area contributed by atoms with Crippen LogP contribution in [-0.4, -0.2) is 24.8 Å². The zero-order chi connectivity index (χ0) is 13.7. The second kappa shape index (κ2) is 6.59. The second-order valence-corrected chi connectivity index (χ2v) is 4.77. The molecule has 0 aliphatic heterocycles. The Morgan fingerprint density at radius 2 is 1.95 bits per heavy atom. The van der Waals surface area contributed by atoms with Crippen LogP contribution in [0.2, 0.25) is 0 Å². The minimum atomic E-state index is 0.716. The maximum Gasteiger partial charge on any atom is 0.119 e. The Morgan fingerprint density at radius 3 is 2.63 bits per heavy atom. The first kappa shape index (κ1) is 13.9. The first-order chi connectivity index (χ1) is 9.30. The van der Waals surface area contributed by atoms with Crippen LogP contribution in [0.3, 0.4) is 0 Å². The molecule has 4 heteroatoms. The number of hydrogen-bond donors (Lipinski definition) is 2. The predicted molar refractivity (Wildman–Crippen MR) is 79.5 cm³/mol. The van der Waals surface area contributed by atoms with Crippen molar-refractivity contribution in [2.24, 2.45) is 11.5 Å². The predicted octanol–water partition coefficient (Wildman–Crippen LogP) is 1.89. The van der Waals surface area contributed by atoms with Gasteiger partial charge < -0.3 is 20.8 Å². The molecule has 0 bridgehead atoms. The van der Waals surface area contributed by atoms with Crippen molar-refractivity contribution in [2.75, 3.05) is 20.2 Å². The van der Waals surface area contributed by atoms with Gasteiger partial charge in [0.25, 0.3) is 0 Å². The summed E-state index contributed by atoms with van der Waals surface area (Å²) in [5, 5.41) is 1.27. The molecule has 0 amide bonds. The SMILES string of the molecule is COc1ccc2c(c1)c(CCCN)cn2CCCN. The molecule has 4 nitrogen and oxygen atoms in total. The maximum absolute atomic E-state index is 5.62. The Labute approximate surface area is 114 Å². The van der Waals surface area contributed by atoms with Gasteiger partial charge in [-0.05, 0) is 56.1 Å². The summed E-state index contributed by atoms with van der Waals surface area (Å²) in [6.45, 7) is 2.40. The Bertz CT molecular complexity index is 533. The van der Waals surface area contributed by atoms with Gasteiger partial charge in [-0.3, -0.25) is 0 Å². The molecule has 0 aliphatic rings. The number of ether oxygens (including phenoxy) is 1. The van der Waals surface area contributed by atoms with Crippen molar-refractivity contribution < 1.29 is 4.74 Å². The van der Waals surface area contributed by atoms with Crippen LogP contribution >= 0.6 is 0 Å². The van der Waals surface area contributed by atoms with Crippen molar-refractivity contribution >= 4 is 10.9 Å². The second-order valence-electron chi connectivity index (χ2n) is 4.77. The van der Waals surface area contributed by atoms with Crippen molar-refractivity contribution in [3.8, 4) is 5.75 Å². The Balaban J connectivity index is 2.40. The smallest absolute Gasteiger partial charge is 0.119 e. The molecule has 0 saturated carbocycles. The first-order valence-corrected chi connectivity index (χ1v) is 6.86.